The Morgan fingerprint density at radius 2 is 1.88 bits per heavy atom. The van der Waals surface area contributed by atoms with Crippen LogP contribution in [0.25, 0.3) is 10.2 Å². The molecule has 0 saturated heterocycles. The summed E-state index contributed by atoms with van der Waals surface area (Å²) in [7, 11) is -3.58. The Kier molecular flexibility index (Phi) is 7.11. The number of nitrogens with zero attached hydrogens (tertiary/aromatic N) is 3. The van der Waals surface area contributed by atoms with Gasteiger partial charge in [-0.05, 0) is 49.1 Å². The van der Waals surface area contributed by atoms with Crippen molar-refractivity contribution in [2.45, 2.75) is 29.7 Å². The second-order valence-electron chi connectivity index (χ2n) is 7.53. The molecule has 9 heteroatoms. The molecule has 0 N–H and O–H groups in total. The van der Waals surface area contributed by atoms with Crippen LogP contribution in [0.1, 0.15) is 17.5 Å². The predicted molar refractivity (Wildman–Crippen MR) is 135 cm³/mol. The van der Waals surface area contributed by atoms with E-state index in [9.17, 15) is 13.2 Å². The van der Waals surface area contributed by atoms with Crippen molar-refractivity contribution in [3.63, 3.8) is 0 Å². The monoisotopic (exact) mass is 497 g/mol. The molecule has 6 nitrogen and oxygen atoms in total. The van der Waals surface area contributed by atoms with Gasteiger partial charge in [0.25, 0.3) is 0 Å². The molecule has 0 bridgehead atoms. The maximum atomic E-state index is 13.3. The molecule has 0 atom stereocenters. The molecule has 2 aromatic heterocycles. The SMILES string of the molecule is CSc1cccc2sc(N(Cc3cccnc3)C(=O)CCS(=O)(=O)c3ccc(C)cc3)nc12. The number of carbonyl (C=O) groups is 1. The molecule has 33 heavy (non-hydrogen) atoms. The first-order valence-electron chi connectivity index (χ1n) is 10.3. The highest BCUT2D eigenvalue weighted by molar-refractivity contribution is 7.98. The fourth-order valence-electron chi connectivity index (χ4n) is 3.35. The summed E-state index contributed by atoms with van der Waals surface area (Å²) in [6.07, 6.45) is 5.22. The first-order chi connectivity index (χ1) is 15.9. The molecular formula is C24H23N3O3S3. The van der Waals surface area contributed by atoms with E-state index in [-0.39, 0.29) is 29.5 Å². The van der Waals surface area contributed by atoms with Crippen LogP contribution < -0.4 is 4.90 Å². The summed E-state index contributed by atoms with van der Waals surface area (Å²) in [6.45, 7) is 2.17. The third-order valence-corrected chi connectivity index (χ3v) is 8.70. The molecule has 0 aliphatic heterocycles. The fraction of sp³-hybridized carbons (Fsp3) is 0.208. The zero-order valence-corrected chi connectivity index (χ0v) is 20.7. The number of fused-ring (bicyclic) bond motifs is 1. The average Bonchev–Trinajstić information content (AvgIpc) is 3.26. The number of anilines is 1. The van der Waals surface area contributed by atoms with Gasteiger partial charge >= 0.3 is 0 Å². The van der Waals surface area contributed by atoms with Crippen molar-refractivity contribution in [1.82, 2.24) is 9.97 Å². The van der Waals surface area contributed by atoms with Crippen molar-refractivity contribution in [3.05, 3.63) is 78.1 Å². The highest BCUT2D eigenvalue weighted by Gasteiger charge is 2.24. The molecule has 0 fully saturated rings. The topological polar surface area (TPSA) is 80.2 Å². The summed E-state index contributed by atoms with van der Waals surface area (Å²) < 4.78 is 26.6. The highest BCUT2D eigenvalue weighted by atomic mass is 32.2. The number of para-hydroxylation sites is 1. The van der Waals surface area contributed by atoms with E-state index in [1.807, 2.05) is 43.5 Å². The first-order valence-corrected chi connectivity index (χ1v) is 14.0. The van der Waals surface area contributed by atoms with Gasteiger partial charge in [-0.1, -0.05) is 41.2 Å². The van der Waals surface area contributed by atoms with Gasteiger partial charge in [-0.15, -0.1) is 11.8 Å². The van der Waals surface area contributed by atoms with Gasteiger partial charge in [0.1, 0.15) is 0 Å². The number of aryl methyl sites for hydroxylation is 1. The van der Waals surface area contributed by atoms with E-state index >= 15 is 0 Å². The molecule has 4 aromatic rings. The van der Waals surface area contributed by atoms with Crippen LogP contribution in [0.5, 0.6) is 0 Å². The number of hydrogen-bond donors (Lipinski definition) is 0. The van der Waals surface area contributed by atoms with Crippen LogP contribution in [0.4, 0.5) is 5.13 Å². The van der Waals surface area contributed by atoms with Gasteiger partial charge in [-0.25, -0.2) is 13.4 Å². The summed E-state index contributed by atoms with van der Waals surface area (Å²) in [5.41, 5.74) is 2.67. The number of hydrogen-bond acceptors (Lipinski definition) is 7. The van der Waals surface area contributed by atoms with Crippen LogP contribution in [0.15, 0.2) is 76.8 Å². The lowest BCUT2D eigenvalue weighted by atomic mass is 10.2. The number of benzene rings is 2. The molecule has 4 rings (SSSR count). The summed E-state index contributed by atoms with van der Waals surface area (Å²) in [4.78, 5) is 25.0. The molecule has 1 amide bonds. The van der Waals surface area contributed by atoms with Gasteiger partial charge in [0.05, 0.1) is 27.4 Å². The highest BCUT2D eigenvalue weighted by Crippen LogP contribution is 2.35. The zero-order chi connectivity index (χ0) is 23.4. The Hall–Kier alpha value is -2.75. The minimum atomic E-state index is -3.58. The number of sulfone groups is 1. The van der Waals surface area contributed by atoms with Gasteiger partial charge in [-0.3, -0.25) is 14.7 Å². The fourth-order valence-corrected chi connectivity index (χ4v) is 6.22. The van der Waals surface area contributed by atoms with Crippen LogP contribution in [0.3, 0.4) is 0 Å². The Morgan fingerprint density at radius 3 is 2.58 bits per heavy atom. The minimum Gasteiger partial charge on any atom is -0.284 e. The number of thiazole rings is 1. The summed E-state index contributed by atoms with van der Waals surface area (Å²) in [5, 5.41) is 0.549. The van der Waals surface area contributed by atoms with Crippen molar-refractivity contribution in [3.8, 4) is 0 Å². The van der Waals surface area contributed by atoms with E-state index in [2.05, 4.69) is 4.98 Å². The number of amides is 1. The van der Waals surface area contributed by atoms with E-state index < -0.39 is 9.84 Å². The Bertz CT molecular complexity index is 1370. The normalized spacial score (nSPS) is 11.6. The number of rotatable bonds is 8. The average molecular weight is 498 g/mol. The Morgan fingerprint density at radius 1 is 1.09 bits per heavy atom. The molecule has 2 aromatic carbocycles. The van der Waals surface area contributed by atoms with Gasteiger partial charge in [0.15, 0.2) is 15.0 Å². The summed E-state index contributed by atoms with van der Waals surface area (Å²) >= 11 is 3.02. The lowest BCUT2D eigenvalue weighted by molar-refractivity contribution is -0.118. The number of pyridine rings is 1. The number of thioether (sulfide) groups is 1. The molecule has 170 valence electrons. The van der Waals surface area contributed by atoms with E-state index in [1.54, 1.807) is 53.3 Å². The van der Waals surface area contributed by atoms with Crippen molar-refractivity contribution >= 4 is 54.2 Å². The van der Waals surface area contributed by atoms with E-state index in [4.69, 9.17) is 4.98 Å². The molecular weight excluding hydrogens is 474 g/mol. The van der Waals surface area contributed by atoms with Gasteiger partial charge in [-0.2, -0.15) is 0 Å². The Labute approximate surface area is 201 Å². The molecule has 0 saturated carbocycles. The smallest absolute Gasteiger partial charge is 0.230 e. The molecule has 0 radical (unpaired) electrons. The lowest BCUT2D eigenvalue weighted by Gasteiger charge is -2.20. The standard InChI is InChI=1S/C24H23N3O3S3/c1-17-8-10-19(11-9-17)33(29,30)14-12-22(28)27(16-18-5-4-13-25-15-18)24-26-23-20(31-2)6-3-7-21(23)32-24/h3-11,13,15H,12,14,16H2,1-2H3. The molecule has 0 spiro atoms. The molecule has 0 unspecified atom stereocenters. The third kappa shape index (κ3) is 5.43. The summed E-state index contributed by atoms with van der Waals surface area (Å²) in [5.74, 6) is -0.557. The maximum absolute atomic E-state index is 13.3. The van der Waals surface area contributed by atoms with Crippen LogP contribution in [-0.4, -0.2) is 36.3 Å². The second-order valence-corrected chi connectivity index (χ2v) is 11.5. The van der Waals surface area contributed by atoms with Gasteiger partial charge in [0.2, 0.25) is 5.91 Å². The van der Waals surface area contributed by atoms with Crippen LogP contribution in [0.2, 0.25) is 0 Å². The third-order valence-electron chi connectivity index (χ3n) is 5.15. The van der Waals surface area contributed by atoms with Crippen molar-refractivity contribution in [1.29, 1.82) is 0 Å². The minimum absolute atomic E-state index is 0.137. The van der Waals surface area contributed by atoms with Gasteiger partial charge in [0, 0.05) is 23.7 Å². The molecule has 0 aliphatic carbocycles. The van der Waals surface area contributed by atoms with Crippen LogP contribution in [-0.2, 0) is 21.2 Å². The zero-order valence-electron chi connectivity index (χ0n) is 18.3. The van der Waals surface area contributed by atoms with E-state index in [0.29, 0.717) is 5.13 Å². The maximum Gasteiger partial charge on any atom is 0.230 e. The van der Waals surface area contributed by atoms with E-state index in [1.165, 1.54) is 11.3 Å². The van der Waals surface area contributed by atoms with Crippen molar-refractivity contribution < 1.29 is 13.2 Å². The second kappa shape index (κ2) is 10.0. The lowest BCUT2D eigenvalue weighted by Crippen LogP contribution is -2.31. The first kappa shape index (κ1) is 23.4. The Balaban J connectivity index is 1.62. The number of aromatic nitrogens is 2. The molecule has 0 aliphatic rings. The predicted octanol–water partition coefficient (Wildman–Crippen LogP) is 5.12. The number of carbonyl (C=O) groups excluding carboxylic acids is 1. The van der Waals surface area contributed by atoms with Crippen molar-refractivity contribution in [2.75, 3.05) is 16.9 Å². The molecule has 2 heterocycles. The summed E-state index contributed by atoms with van der Waals surface area (Å²) in [6, 6.07) is 16.3. The van der Waals surface area contributed by atoms with Crippen LogP contribution >= 0.6 is 23.1 Å². The van der Waals surface area contributed by atoms with Crippen LogP contribution in [0, 0.1) is 6.92 Å². The van der Waals surface area contributed by atoms with Crippen molar-refractivity contribution in [2.24, 2.45) is 0 Å². The van der Waals surface area contributed by atoms with Gasteiger partial charge < -0.3 is 0 Å². The van der Waals surface area contributed by atoms with E-state index in [0.717, 1.165) is 26.2 Å². The quantitative estimate of drug-likeness (QED) is 0.314. The largest absolute Gasteiger partial charge is 0.284 e.